The highest BCUT2D eigenvalue weighted by atomic mass is 32.1. The number of rotatable bonds is 5. The zero-order valence-electron chi connectivity index (χ0n) is 14.5. The third-order valence-corrected chi connectivity index (χ3v) is 4.89. The van der Waals surface area contributed by atoms with E-state index in [1.54, 1.807) is 24.5 Å². The van der Waals surface area contributed by atoms with Crippen molar-refractivity contribution in [2.45, 2.75) is 18.9 Å². The Morgan fingerprint density at radius 2 is 2.11 bits per heavy atom. The Bertz CT molecular complexity index is 893. The minimum absolute atomic E-state index is 0.118. The molecule has 0 aliphatic carbocycles. The van der Waals surface area contributed by atoms with E-state index >= 15 is 0 Å². The van der Waals surface area contributed by atoms with Crippen molar-refractivity contribution >= 4 is 22.4 Å². The number of aromatic nitrogens is 3. The molecule has 0 bridgehead atoms. The minimum Gasteiger partial charge on any atom is -0.474 e. The zero-order valence-corrected chi connectivity index (χ0v) is 15.3. The molecule has 1 saturated heterocycles. The molecule has 1 amide bonds. The Kier molecular flexibility index (Phi) is 5.36. The molecule has 1 aliphatic rings. The lowest BCUT2D eigenvalue weighted by atomic mass is 10.1. The van der Waals surface area contributed by atoms with Crippen LogP contribution in [0.1, 0.15) is 23.2 Å². The van der Waals surface area contributed by atoms with Crippen LogP contribution in [-0.2, 0) is 4.74 Å². The molecule has 0 unspecified atom stereocenters. The molecule has 1 aliphatic heterocycles. The first kappa shape index (κ1) is 17.6. The summed E-state index contributed by atoms with van der Waals surface area (Å²) in [6.07, 6.45) is 6.79. The average Bonchev–Trinajstić information content (AvgIpc) is 3.18. The quantitative estimate of drug-likeness (QED) is 0.728. The normalized spacial score (nSPS) is 14.7. The van der Waals surface area contributed by atoms with Crippen molar-refractivity contribution in [3.05, 3.63) is 53.8 Å². The van der Waals surface area contributed by atoms with Crippen LogP contribution in [0.25, 0.3) is 11.3 Å². The third-order valence-electron chi connectivity index (χ3n) is 4.14. The molecule has 138 valence electrons. The van der Waals surface area contributed by atoms with Crippen LogP contribution in [0.2, 0.25) is 0 Å². The van der Waals surface area contributed by atoms with Crippen LogP contribution in [0.15, 0.2) is 48.2 Å². The maximum atomic E-state index is 12.4. The standard InChI is InChI=1S/C19H18N4O3S/c24-18(23-19-22-16(12-27-19)13-2-1-7-20-10-13)14-3-4-17(21-11-14)26-15-5-8-25-9-6-15/h1-4,7,10-12,15H,5-6,8-9H2,(H,22,23,24). The van der Waals surface area contributed by atoms with E-state index in [9.17, 15) is 4.79 Å². The van der Waals surface area contributed by atoms with Gasteiger partial charge in [-0.05, 0) is 18.2 Å². The zero-order chi connectivity index (χ0) is 18.5. The predicted octanol–water partition coefficient (Wildman–Crippen LogP) is 3.41. The lowest BCUT2D eigenvalue weighted by molar-refractivity contribution is 0.0237. The number of pyridine rings is 2. The van der Waals surface area contributed by atoms with Crippen molar-refractivity contribution in [1.29, 1.82) is 0 Å². The molecule has 3 aromatic rings. The van der Waals surface area contributed by atoms with Gasteiger partial charge >= 0.3 is 0 Å². The molecule has 0 atom stereocenters. The summed E-state index contributed by atoms with van der Waals surface area (Å²) in [6.45, 7) is 1.42. The van der Waals surface area contributed by atoms with Gasteiger partial charge in [-0.1, -0.05) is 0 Å². The highest BCUT2D eigenvalue weighted by Crippen LogP contribution is 2.24. The lowest BCUT2D eigenvalue weighted by Crippen LogP contribution is -2.26. The number of carbonyl (C=O) groups excluding carboxylic acids is 1. The Morgan fingerprint density at radius 1 is 1.22 bits per heavy atom. The summed E-state index contributed by atoms with van der Waals surface area (Å²) >= 11 is 1.37. The lowest BCUT2D eigenvalue weighted by Gasteiger charge is -2.22. The first-order valence-electron chi connectivity index (χ1n) is 8.66. The van der Waals surface area contributed by atoms with E-state index < -0.39 is 0 Å². The van der Waals surface area contributed by atoms with E-state index in [4.69, 9.17) is 9.47 Å². The molecular formula is C19H18N4O3S. The number of ether oxygens (including phenoxy) is 2. The van der Waals surface area contributed by atoms with Crippen molar-refractivity contribution in [2.24, 2.45) is 0 Å². The molecule has 0 spiro atoms. The van der Waals surface area contributed by atoms with Crippen molar-refractivity contribution in [3.63, 3.8) is 0 Å². The summed E-state index contributed by atoms with van der Waals surface area (Å²) in [5, 5.41) is 5.21. The molecule has 27 heavy (non-hydrogen) atoms. The summed E-state index contributed by atoms with van der Waals surface area (Å²) in [4.78, 5) is 25.2. The van der Waals surface area contributed by atoms with Gasteiger partial charge in [-0.3, -0.25) is 15.1 Å². The SMILES string of the molecule is O=C(Nc1nc(-c2cccnc2)cs1)c1ccc(OC2CCOCC2)nc1. The summed E-state index contributed by atoms with van der Waals surface area (Å²) < 4.78 is 11.1. The van der Waals surface area contributed by atoms with Crippen LogP contribution in [0.5, 0.6) is 5.88 Å². The number of carbonyl (C=O) groups is 1. The Morgan fingerprint density at radius 3 is 2.85 bits per heavy atom. The number of amides is 1. The number of thiazole rings is 1. The maximum absolute atomic E-state index is 12.4. The van der Waals surface area contributed by atoms with Gasteiger partial charge in [0, 0.05) is 48.4 Å². The van der Waals surface area contributed by atoms with Crippen LogP contribution in [0, 0.1) is 0 Å². The topological polar surface area (TPSA) is 86.2 Å². The molecule has 8 heteroatoms. The second-order valence-corrected chi connectivity index (χ2v) is 6.91. The van der Waals surface area contributed by atoms with Gasteiger partial charge in [0.05, 0.1) is 24.5 Å². The highest BCUT2D eigenvalue weighted by molar-refractivity contribution is 7.14. The van der Waals surface area contributed by atoms with Gasteiger partial charge in [0.1, 0.15) is 6.10 Å². The fourth-order valence-electron chi connectivity index (χ4n) is 2.70. The van der Waals surface area contributed by atoms with Crippen molar-refractivity contribution < 1.29 is 14.3 Å². The van der Waals surface area contributed by atoms with E-state index in [-0.39, 0.29) is 12.0 Å². The second-order valence-electron chi connectivity index (χ2n) is 6.05. The van der Waals surface area contributed by atoms with Gasteiger partial charge in [-0.25, -0.2) is 9.97 Å². The number of hydrogen-bond donors (Lipinski definition) is 1. The predicted molar refractivity (Wildman–Crippen MR) is 102 cm³/mol. The van der Waals surface area contributed by atoms with Gasteiger partial charge < -0.3 is 9.47 Å². The van der Waals surface area contributed by atoms with Crippen LogP contribution in [0.3, 0.4) is 0 Å². The second kappa shape index (κ2) is 8.24. The van der Waals surface area contributed by atoms with Crippen LogP contribution < -0.4 is 10.1 Å². The molecule has 1 fully saturated rings. The van der Waals surface area contributed by atoms with Gasteiger partial charge in [0.25, 0.3) is 5.91 Å². The molecule has 3 aromatic heterocycles. The van der Waals surface area contributed by atoms with Gasteiger partial charge in [-0.15, -0.1) is 11.3 Å². The van der Waals surface area contributed by atoms with Gasteiger partial charge in [0.2, 0.25) is 5.88 Å². The van der Waals surface area contributed by atoms with E-state index in [0.717, 1.165) is 24.1 Å². The summed E-state index contributed by atoms with van der Waals surface area (Å²) in [5.74, 6) is 0.263. The minimum atomic E-state index is -0.257. The van der Waals surface area contributed by atoms with E-state index in [1.165, 1.54) is 17.5 Å². The Labute approximate surface area is 160 Å². The van der Waals surface area contributed by atoms with Crippen LogP contribution in [-0.4, -0.2) is 40.2 Å². The van der Waals surface area contributed by atoms with E-state index in [1.807, 2.05) is 17.5 Å². The molecule has 4 heterocycles. The number of nitrogens with zero attached hydrogens (tertiary/aromatic N) is 3. The van der Waals surface area contributed by atoms with Gasteiger partial charge in [0.15, 0.2) is 5.13 Å². The fourth-order valence-corrected chi connectivity index (χ4v) is 3.41. The first-order valence-corrected chi connectivity index (χ1v) is 9.53. The number of nitrogens with one attached hydrogen (secondary N) is 1. The molecule has 0 aromatic carbocycles. The van der Waals surface area contributed by atoms with Crippen molar-refractivity contribution in [2.75, 3.05) is 18.5 Å². The van der Waals surface area contributed by atoms with Gasteiger partial charge in [-0.2, -0.15) is 0 Å². The highest BCUT2D eigenvalue weighted by Gasteiger charge is 2.16. The smallest absolute Gasteiger partial charge is 0.259 e. The molecule has 4 rings (SSSR count). The maximum Gasteiger partial charge on any atom is 0.259 e. The molecule has 0 radical (unpaired) electrons. The molecule has 1 N–H and O–H groups in total. The Hall–Kier alpha value is -2.84. The molecule has 0 saturated carbocycles. The van der Waals surface area contributed by atoms with Crippen LogP contribution in [0.4, 0.5) is 5.13 Å². The van der Waals surface area contributed by atoms with E-state index in [2.05, 4.69) is 20.3 Å². The number of hydrogen-bond acceptors (Lipinski definition) is 7. The summed E-state index contributed by atoms with van der Waals surface area (Å²) in [7, 11) is 0. The van der Waals surface area contributed by atoms with Crippen molar-refractivity contribution in [3.8, 4) is 17.1 Å². The molecular weight excluding hydrogens is 364 g/mol. The van der Waals surface area contributed by atoms with Crippen LogP contribution >= 0.6 is 11.3 Å². The fraction of sp³-hybridized carbons (Fsp3) is 0.263. The largest absolute Gasteiger partial charge is 0.474 e. The summed E-state index contributed by atoms with van der Waals surface area (Å²) in [5.41, 5.74) is 2.14. The third kappa shape index (κ3) is 4.47. The number of anilines is 1. The average molecular weight is 382 g/mol. The summed E-state index contributed by atoms with van der Waals surface area (Å²) in [6, 6.07) is 7.19. The monoisotopic (exact) mass is 382 g/mol. The molecule has 7 nitrogen and oxygen atoms in total. The Balaban J connectivity index is 1.37. The van der Waals surface area contributed by atoms with E-state index in [0.29, 0.717) is 29.8 Å². The van der Waals surface area contributed by atoms with Crippen molar-refractivity contribution in [1.82, 2.24) is 15.0 Å². The first-order chi connectivity index (χ1) is 13.3.